The molecule has 1 fully saturated rings. The number of ketones is 1. The highest BCUT2D eigenvalue weighted by atomic mass is 35.5. The molecule has 25 heavy (non-hydrogen) atoms. The number of nitro benzene ring substituents is 1. The first kappa shape index (κ1) is 16.4. The minimum Gasteiger partial charge on any atom is -0.392 e. The Morgan fingerprint density at radius 1 is 1.40 bits per heavy atom. The Labute approximate surface area is 144 Å². The zero-order chi connectivity index (χ0) is 18.3. The van der Waals surface area contributed by atoms with E-state index >= 15 is 0 Å². The van der Waals surface area contributed by atoms with Gasteiger partial charge in [-0.05, 0) is 42.9 Å². The van der Waals surface area contributed by atoms with Crippen LogP contribution in [-0.4, -0.2) is 16.9 Å². The zero-order valence-corrected chi connectivity index (χ0v) is 13.5. The van der Waals surface area contributed by atoms with Crippen molar-refractivity contribution >= 4 is 34.3 Å². The van der Waals surface area contributed by atoms with Gasteiger partial charge in [-0.25, -0.2) is 0 Å². The summed E-state index contributed by atoms with van der Waals surface area (Å²) >= 11 is 5.95. The quantitative estimate of drug-likeness (QED) is 0.457. The van der Waals surface area contributed by atoms with Crippen LogP contribution in [0.5, 0.6) is 0 Å². The molecular formula is C16H12ClF3N2O3. The van der Waals surface area contributed by atoms with E-state index in [1.165, 1.54) is 6.07 Å². The lowest BCUT2D eigenvalue weighted by Crippen LogP contribution is -2.34. The molecule has 4 rings (SSSR count). The van der Waals surface area contributed by atoms with E-state index in [-0.39, 0.29) is 40.3 Å². The number of halogens is 4. The van der Waals surface area contributed by atoms with Crippen molar-refractivity contribution in [3.05, 3.63) is 37.9 Å². The lowest BCUT2D eigenvalue weighted by molar-refractivity contribution is -0.384. The molecule has 0 radical (unpaired) electrons. The molecule has 2 atom stereocenters. The largest absolute Gasteiger partial charge is 0.420 e. The summed E-state index contributed by atoms with van der Waals surface area (Å²) in [4.78, 5) is 23.1. The first-order chi connectivity index (χ1) is 11.6. The van der Waals surface area contributed by atoms with Gasteiger partial charge in [0.25, 0.3) is 5.69 Å². The molecule has 0 heterocycles. The van der Waals surface area contributed by atoms with E-state index in [0.717, 1.165) is 0 Å². The number of anilines is 1. The van der Waals surface area contributed by atoms with E-state index in [9.17, 15) is 28.1 Å². The zero-order valence-electron chi connectivity index (χ0n) is 12.7. The number of nitrogens with zero attached hydrogens (tertiary/aromatic N) is 1. The Bertz CT molecular complexity index is 894. The number of nitrogen functional groups attached to an aromatic ring is 1. The van der Waals surface area contributed by atoms with Crippen molar-refractivity contribution in [3.8, 4) is 0 Å². The molecule has 0 saturated heterocycles. The molecule has 0 aliphatic heterocycles. The molecule has 3 aliphatic carbocycles. The maximum atomic E-state index is 13.7. The smallest absolute Gasteiger partial charge is 0.392 e. The molecule has 1 spiro atoms. The topological polar surface area (TPSA) is 86.2 Å². The lowest BCUT2D eigenvalue weighted by atomic mass is 9.71. The van der Waals surface area contributed by atoms with Crippen LogP contribution in [0.15, 0.2) is 11.6 Å². The van der Waals surface area contributed by atoms with Gasteiger partial charge in [0.15, 0.2) is 5.78 Å². The van der Waals surface area contributed by atoms with Crippen molar-refractivity contribution in [2.75, 3.05) is 5.73 Å². The highest BCUT2D eigenvalue weighted by Crippen LogP contribution is 2.65. The number of carbonyl (C=O) groups excluding carboxylic acids is 1. The van der Waals surface area contributed by atoms with Crippen molar-refractivity contribution in [1.29, 1.82) is 0 Å². The standard InChI is InChI=1S/C16H12ClF3N2O3/c17-9-3-7-8(13(12(9)21)22(24)25)5-15-2-1-6(4-15)14(23)11(10(7)15)16(18,19)20/h3,6H,1-2,4-5,21H2/t6-,15+/m0/s1. The van der Waals surface area contributed by atoms with Crippen LogP contribution >= 0.6 is 11.6 Å². The summed E-state index contributed by atoms with van der Waals surface area (Å²) < 4.78 is 41.0. The maximum absolute atomic E-state index is 13.7. The summed E-state index contributed by atoms with van der Waals surface area (Å²) in [7, 11) is 0. The van der Waals surface area contributed by atoms with Crippen LogP contribution in [0.25, 0.3) is 5.57 Å². The molecule has 0 aromatic heterocycles. The van der Waals surface area contributed by atoms with E-state index in [2.05, 4.69) is 0 Å². The number of fused-ring (bicyclic) bond motifs is 3. The van der Waals surface area contributed by atoms with Gasteiger partial charge in [0.1, 0.15) is 11.3 Å². The highest BCUT2D eigenvalue weighted by Gasteiger charge is 2.60. The van der Waals surface area contributed by atoms with Crippen LogP contribution in [0.1, 0.15) is 30.4 Å². The maximum Gasteiger partial charge on any atom is 0.420 e. The van der Waals surface area contributed by atoms with E-state index in [1.54, 1.807) is 0 Å². The third-order valence-electron chi connectivity index (χ3n) is 5.65. The van der Waals surface area contributed by atoms with Crippen LogP contribution in [0.4, 0.5) is 24.5 Å². The predicted molar refractivity (Wildman–Crippen MR) is 84.0 cm³/mol. The van der Waals surface area contributed by atoms with Gasteiger partial charge in [0.05, 0.1) is 9.95 Å². The Balaban J connectivity index is 2.11. The number of hydrogen-bond donors (Lipinski definition) is 1. The number of benzene rings is 1. The van der Waals surface area contributed by atoms with Gasteiger partial charge in [-0.15, -0.1) is 0 Å². The average molecular weight is 373 g/mol. The third-order valence-corrected chi connectivity index (χ3v) is 5.96. The second-order valence-electron chi connectivity index (χ2n) is 6.91. The first-order valence-corrected chi connectivity index (χ1v) is 8.06. The number of nitrogens with two attached hydrogens (primary N) is 1. The molecule has 1 aromatic carbocycles. The summed E-state index contributed by atoms with van der Waals surface area (Å²) in [5.74, 6) is -1.60. The fraction of sp³-hybridized carbons (Fsp3) is 0.438. The molecular weight excluding hydrogens is 361 g/mol. The highest BCUT2D eigenvalue weighted by molar-refractivity contribution is 6.34. The number of Topliss-reactive ketones (excluding diaryl/α,β-unsaturated/α-hetero) is 1. The number of hydrogen-bond acceptors (Lipinski definition) is 4. The Morgan fingerprint density at radius 2 is 2.08 bits per heavy atom. The second-order valence-corrected chi connectivity index (χ2v) is 7.32. The van der Waals surface area contributed by atoms with Gasteiger partial charge in [0.2, 0.25) is 0 Å². The number of allylic oxidation sites excluding steroid dienone is 2. The van der Waals surface area contributed by atoms with E-state index in [1.807, 2.05) is 0 Å². The van der Waals surface area contributed by atoms with Crippen molar-refractivity contribution in [2.24, 2.45) is 11.3 Å². The van der Waals surface area contributed by atoms with Crippen LogP contribution in [0.3, 0.4) is 0 Å². The Hall–Kier alpha value is -2.09. The molecule has 132 valence electrons. The summed E-state index contributed by atoms with van der Waals surface area (Å²) in [6.07, 6.45) is -3.71. The first-order valence-electron chi connectivity index (χ1n) is 7.68. The van der Waals surface area contributed by atoms with E-state index < -0.39 is 39.5 Å². The van der Waals surface area contributed by atoms with Crippen molar-refractivity contribution in [3.63, 3.8) is 0 Å². The minimum absolute atomic E-state index is 0.0481. The normalized spacial score (nSPS) is 27.5. The predicted octanol–water partition coefficient (Wildman–Crippen LogP) is 4.07. The average Bonchev–Trinajstić information content (AvgIpc) is 3.00. The number of alkyl halides is 3. The molecule has 1 saturated carbocycles. The van der Waals surface area contributed by atoms with Crippen LogP contribution in [0, 0.1) is 21.4 Å². The monoisotopic (exact) mass is 372 g/mol. The summed E-state index contributed by atoms with van der Waals surface area (Å²) in [5, 5.41) is 11.3. The number of rotatable bonds is 1. The van der Waals surface area contributed by atoms with Crippen molar-refractivity contribution in [1.82, 2.24) is 0 Å². The second kappa shape index (κ2) is 4.75. The fourth-order valence-electron chi connectivity index (χ4n) is 4.76. The molecule has 0 amide bonds. The van der Waals surface area contributed by atoms with Crippen molar-refractivity contribution in [2.45, 2.75) is 31.9 Å². The Morgan fingerprint density at radius 3 is 2.68 bits per heavy atom. The molecule has 0 unspecified atom stereocenters. The molecule has 5 nitrogen and oxygen atoms in total. The molecule has 1 aromatic rings. The molecule has 2 bridgehead atoms. The third kappa shape index (κ3) is 2.00. The summed E-state index contributed by atoms with van der Waals surface area (Å²) in [6.45, 7) is 0. The molecule has 3 aliphatic rings. The van der Waals surface area contributed by atoms with Gasteiger partial charge in [-0.3, -0.25) is 14.9 Å². The summed E-state index contributed by atoms with van der Waals surface area (Å²) in [6, 6.07) is 1.24. The Kier molecular flexibility index (Phi) is 3.11. The SMILES string of the molecule is Nc1c(Cl)cc2c(c1[N+](=O)[O-])C[C@@]13CC[C@@H](C1)C(=O)C(C(F)(F)F)=C23. The van der Waals surface area contributed by atoms with Crippen LogP contribution < -0.4 is 5.73 Å². The van der Waals surface area contributed by atoms with Crippen molar-refractivity contribution < 1.29 is 22.9 Å². The number of carbonyl (C=O) groups is 1. The van der Waals surface area contributed by atoms with Gasteiger partial charge in [0, 0.05) is 16.9 Å². The van der Waals surface area contributed by atoms with Gasteiger partial charge >= 0.3 is 6.18 Å². The summed E-state index contributed by atoms with van der Waals surface area (Å²) in [5.41, 5.74) is 3.02. The van der Waals surface area contributed by atoms with Gasteiger partial charge in [-0.1, -0.05) is 11.6 Å². The fourth-order valence-corrected chi connectivity index (χ4v) is 4.96. The van der Waals surface area contributed by atoms with Crippen LogP contribution in [0.2, 0.25) is 5.02 Å². The number of nitro groups is 1. The lowest BCUT2D eigenvalue weighted by Gasteiger charge is -2.33. The minimum atomic E-state index is -4.81. The van der Waals surface area contributed by atoms with Gasteiger partial charge < -0.3 is 5.73 Å². The van der Waals surface area contributed by atoms with Gasteiger partial charge in [-0.2, -0.15) is 13.2 Å². The van der Waals surface area contributed by atoms with E-state index in [0.29, 0.717) is 12.8 Å². The van der Waals surface area contributed by atoms with E-state index in [4.69, 9.17) is 17.3 Å². The molecule has 9 heteroatoms. The van der Waals surface area contributed by atoms with Crippen LogP contribution in [-0.2, 0) is 11.2 Å². The molecule has 2 N–H and O–H groups in total.